The largest absolute Gasteiger partial charge is 0.484 e. The van der Waals surface area contributed by atoms with Crippen molar-refractivity contribution in [3.8, 4) is 5.75 Å². The summed E-state index contributed by atoms with van der Waals surface area (Å²) in [6.07, 6.45) is -0.785. The lowest BCUT2D eigenvalue weighted by atomic mass is 9.81. The molecule has 1 heterocycles. The first-order chi connectivity index (χ1) is 16.6. The zero-order chi connectivity index (χ0) is 25.3. The van der Waals surface area contributed by atoms with Crippen LogP contribution in [0.2, 0.25) is 5.02 Å². The van der Waals surface area contributed by atoms with E-state index in [0.29, 0.717) is 12.8 Å². The highest BCUT2D eigenvalue weighted by molar-refractivity contribution is 7.92. The summed E-state index contributed by atoms with van der Waals surface area (Å²) in [5.74, 6) is -0.949. The molecule has 2 amide bonds. The number of fused-ring (bicyclic) bond motifs is 1. The van der Waals surface area contributed by atoms with E-state index in [2.05, 4.69) is 10.6 Å². The first-order valence-corrected chi connectivity index (χ1v) is 12.5. The van der Waals surface area contributed by atoms with Crippen LogP contribution in [0, 0.1) is 11.7 Å². The van der Waals surface area contributed by atoms with Gasteiger partial charge in [0.15, 0.2) is 0 Å². The molecule has 188 valence electrons. The second kappa shape index (κ2) is 9.88. The molecular weight excluding hydrogens is 505 g/mol. The molecule has 0 spiro atoms. The first-order valence-electron chi connectivity index (χ1n) is 10.7. The monoisotopic (exact) mass is 527 g/mol. The Kier molecular flexibility index (Phi) is 7.06. The van der Waals surface area contributed by atoms with Crippen LogP contribution < -0.4 is 19.7 Å². The van der Waals surface area contributed by atoms with Crippen molar-refractivity contribution in [1.29, 1.82) is 0 Å². The summed E-state index contributed by atoms with van der Waals surface area (Å²) >= 11 is 5.81. The summed E-state index contributed by atoms with van der Waals surface area (Å²) < 4.78 is 52.8. The Hall–Kier alpha value is -3.09. The van der Waals surface area contributed by atoms with E-state index in [1.54, 1.807) is 7.11 Å². The molecule has 3 N–H and O–H groups in total. The van der Waals surface area contributed by atoms with Crippen LogP contribution in [-0.2, 0) is 19.6 Å². The summed E-state index contributed by atoms with van der Waals surface area (Å²) in [4.78, 5) is 23.2. The summed E-state index contributed by atoms with van der Waals surface area (Å²) in [5, 5.41) is 13.6. The predicted octanol–water partition coefficient (Wildman–Crippen LogP) is 3.07. The van der Waals surface area contributed by atoms with E-state index < -0.39 is 28.0 Å². The number of carboxylic acid groups (broad SMARTS) is 1. The minimum atomic E-state index is -4.25. The number of rotatable bonds is 7. The summed E-state index contributed by atoms with van der Waals surface area (Å²) in [6, 6.07) is 7.21. The Labute approximate surface area is 206 Å². The van der Waals surface area contributed by atoms with Crippen molar-refractivity contribution in [2.75, 3.05) is 29.8 Å². The van der Waals surface area contributed by atoms with Gasteiger partial charge in [0.1, 0.15) is 17.7 Å². The first kappa shape index (κ1) is 25.0. The van der Waals surface area contributed by atoms with Crippen LogP contribution in [-0.4, -0.2) is 57.9 Å². The van der Waals surface area contributed by atoms with E-state index in [1.807, 2.05) is 0 Å². The zero-order valence-corrected chi connectivity index (χ0v) is 20.1. The number of carbonyl (C=O) groups excluding carboxylic acids is 1. The van der Waals surface area contributed by atoms with E-state index in [1.165, 1.54) is 18.2 Å². The molecule has 0 bridgehead atoms. The fourth-order valence-corrected chi connectivity index (χ4v) is 5.71. The van der Waals surface area contributed by atoms with E-state index >= 15 is 0 Å². The number of nitrogens with zero attached hydrogens (tertiary/aromatic N) is 1. The fourth-order valence-electron chi connectivity index (χ4n) is 3.94. The van der Waals surface area contributed by atoms with Crippen LogP contribution in [0.25, 0.3) is 0 Å². The van der Waals surface area contributed by atoms with Crippen LogP contribution in [0.5, 0.6) is 5.75 Å². The molecule has 1 aliphatic carbocycles. The average molecular weight is 528 g/mol. The topological polar surface area (TPSA) is 134 Å². The number of carbonyl (C=O) groups is 2. The van der Waals surface area contributed by atoms with E-state index in [4.69, 9.17) is 26.2 Å². The van der Waals surface area contributed by atoms with Gasteiger partial charge in [0, 0.05) is 18.7 Å². The predicted molar refractivity (Wildman–Crippen MR) is 125 cm³/mol. The molecule has 35 heavy (non-hydrogen) atoms. The van der Waals surface area contributed by atoms with Gasteiger partial charge in [-0.3, -0.25) is 14.4 Å². The number of ether oxygens (including phenoxy) is 2. The number of halogens is 2. The molecule has 1 saturated carbocycles. The highest BCUT2D eigenvalue weighted by Crippen LogP contribution is 2.39. The van der Waals surface area contributed by atoms with E-state index in [9.17, 15) is 22.4 Å². The molecule has 13 heteroatoms. The summed E-state index contributed by atoms with van der Waals surface area (Å²) in [7, 11) is -2.66. The minimum Gasteiger partial charge on any atom is -0.484 e. The SMILES string of the molecule is COC1CC(C(=O)NCC2CN(S(=O)(=O)c3ccc(F)c(Cl)c3)c3cc(NC(=O)O)ccc3O2)C1. The lowest BCUT2D eigenvalue weighted by Gasteiger charge is -2.37. The van der Waals surface area contributed by atoms with Crippen LogP contribution in [0.3, 0.4) is 0 Å². The van der Waals surface area contributed by atoms with E-state index in [0.717, 1.165) is 22.5 Å². The molecule has 2 aromatic rings. The Balaban J connectivity index is 1.60. The normalized spacial score (nSPS) is 21.3. The lowest BCUT2D eigenvalue weighted by Crippen LogP contribution is -2.50. The van der Waals surface area contributed by atoms with Gasteiger partial charge in [-0.15, -0.1) is 0 Å². The highest BCUT2D eigenvalue weighted by Gasteiger charge is 2.37. The molecule has 1 unspecified atom stereocenters. The van der Waals surface area contributed by atoms with Gasteiger partial charge in [0.2, 0.25) is 5.91 Å². The van der Waals surface area contributed by atoms with Crippen LogP contribution in [0.1, 0.15) is 12.8 Å². The van der Waals surface area contributed by atoms with E-state index in [-0.39, 0.29) is 58.1 Å². The molecule has 1 aliphatic heterocycles. The van der Waals surface area contributed by atoms with Crippen molar-refractivity contribution >= 4 is 45.0 Å². The summed E-state index contributed by atoms with van der Waals surface area (Å²) in [5.41, 5.74) is 0.211. The van der Waals surface area contributed by atoms with Gasteiger partial charge in [-0.05, 0) is 49.2 Å². The van der Waals surface area contributed by atoms with Gasteiger partial charge >= 0.3 is 6.09 Å². The number of nitrogens with one attached hydrogen (secondary N) is 2. The lowest BCUT2D eigenvalue weighted by molar-refractivity contribution is -0.132. The molecule has 0 aromatic heterocycles. The highest BCUT2D eigenvalue weighted by atomic mass is 35.5. The van der Waals surface area contributed by atoms with Crippen molar-refractivity contribution in [3.63, 3.8) is 0 Å². The molecule has 1 atom stereocenters. The van der Waals surface area contributed by atoms with Crippen molar-refractivity contribution in [2.24, 2.45) is 5.92 Å². The number of methoxy groups -OCH3 is 1. The van der Waals surface area contributed by atoms with Crippen molar-refractivity contribution in [3.05, 3.63) is 47.2 Å². The Morgan fingerprint density at radius 3 is 2.66 bits per heavy atom. The maximum absolute atomic E-state index is 13.7. The summed E-state index contributed by atoms with van der Waals surface area (Å²) in [6.45, 7) is -0.149. The molecule has 4 rings (SSSR count). The van der Waals surface area contributed by atoms with Gasteiger partial charge in [-0.25, -0.2) is 17.6 Å². The van der Waals surface area contributed by atoms with Gasteiger partial charge < -0.3 is 19.9 Å². The second-order valence-corrected chi connectivity index (χ2v) is 10.5. The third-order valence-corrected chi connectivity index (χ3v) is 7.99. The Morgan fingerprint density at radius 1 is 1.26 bits per heavy atom. The number of hydrogen-bond acceptors (Lipinski definition) is 6. The average Bonchev–Trinajstić information content (AvgIpc) is 2.77. The van der Waals surface area contributed by atoms with Gasteiger partial charge in [-0.1, -0.05) is 11.6 Å². The van der Waals surface area contributed by atoms with Crippen LogP contribution in [0.15, 0.2) is 41.3 Å². The standard InChI is InChI=1S/C22H23ClFN3O7S/c1-33-14-6-12(7-14)21(28)25-10-15-11-27(35(31,32)16-3-4-18(24)17(23)9-16)19-8-13(26-22(29)30)2-5-20(19)34-15/h2-5,8-9,12,14-15,26H,6-7,10-11H2,1H3,(H,25,28)(H,29,30). The van der Waals surface area contributed by atoms with Crippen molar-refractivity contribution in [2.45, 2.75) is 29.9 Å². The smallest absolute Gasteiger partial charge is 0.409 e. The van der Waals surface area contributed by atoms with Gasteiger partial charge in [-0.2, -0.15) is 0 Å². The molecular formula is C22H23ClFN3O7S. The molecule has 0 saturated heterocycles. The number of benzene rings is 2. The fraction of sp³-hybridized carbons (Fsp3) is 0.364. The van der Waals surface area contributed by atoms with Crippen molar-refractivity contribution < 1.29 is 37.0 Å². The Bertz CT molecular complexity index is 1250. The molecule has 0 radical (unpaired) electrons. The maximum atomic E-state index is 13.7. The number of hydrogen-bond donors (Lipinski definition) is 3. The quantitative estimate of drug-likeness (QED) is 0.503. The second-order valence-electron chi connectivity index (χ2n) is 8.24. The van der Waals surface area contributed by atoms with Gasteiger partial charge in [0.25, 0.3) is 10.0 Å². The minimum absolute atomic E-state index is 0.0394. The molecule has 2 aromatic carbocycles. The number of anilines is 2. The maximum Gasteiger partial charge on any atom is 0.409 e. The number of amides is 2. The molecule has 2 aliphatic rings. The third-order valence-electron chi connectivity index (χ3n) is 5.92. The van der Waals surface area contributed by atoms with Crippen LogP contribution in [0.4, 0.5) is 20.6 Å². The molecule has 1 fully saturated rings. The number of sulfonamides is 1. The zero-order valence-electron chi connectivity index (χ0n) is 18.5. The third kappa shape index (κ3) is 5.29. The Morgan fingerprint density at radius 2 is 2.00 bits per heavy atom. The van der Waals surface area contributed by atoms with Gasteiger partial charge in [0.05, 0.1) is 34.8 Å². The van der Waals surface area contributed by atoms with Crippen molar-refractivity contribution in [1.82, 2.24) is 5.32 Å². The van der Waals surface area contributed by atoms with Crippen LogP contribution >= 0.6 is 11.6 Å². The molecule has 10 nitrogen and oxygen atoms in total.